The molecule has 0 spiro atoms. The van der Waals surface area contributed by atoms with Crippen molar-refractivity contribution in [3.63, 3.8) is 0 Å². The summed E-state index contributed by atoms with van der Waals surface area (Å²) in [7, 11) is 0. The largest absolute Gasteiger partial charge is 0.462 e. The molecular weight excluding hydrogens is 416 g/mol. The van der Waals surface area contributed by atoms with Crippen LogP contribution in [0, 0.1) is 5.92 Å². The molecule has 5 heteroatoms. The maximum atomic E-state index is 12.0. The van der Waals surface area contributed by atoms with E-state index in [1.807, 2.05) is 0 Å². The van der Waals surface area contributed by atoms with Crippen LogP contribution in [0.25, 0.3) is 0 Å². The zero-order valence-electron chi connectivity index (χ0n) is 22.1. The molecule has 1 N–H and O–H groups in total. The first-order valence-electron chi connectivity index (χ1n) is 14.0. The number of aliphatic hydroxyl groups is 1. The Hall–Kier alpha value is -1.10. The molecule has 0 aliphatic carbocycles. The van der Waals surface area contributed by atoms with Crippen molar-refractivity contribution in [3.05, 3.63) is 0 Å². The molecule has 0 aromatic rings. The Morgan fingerprint density at radius 3 is 1.61 bits per heavy atom. The third-order valence-electron chi connectivity index (χ3n) is 6.08. The van der Waals surface area contributed by atoms with E-state index in [2.05, 4.69) is 20.8 Å². The first-order chi connectivity index (χ1) is 16.0. The zero-order valence-corrected chi connectivity index (χ0v) is 22.1. The molecule has 1 atom stereocenters. The van der Waals surface area contributed by atoms with E-state index in [-0.39, 0.29) is 25.2 Å². The van der Waals surface area contributed by atoms with E-state index >= 15 is 0 Å². The minimum Gasteiger partial charge on any atom is -0.462 e. The average molecular weight is 471 g/mol. The maximum absolute atomic E-state index is 12.0. The molecule has 0 unspecified atom stereocenters. The Labute approximate surface area is 204 Å². The van der Waals surface area contributed by atoms with Gasteiger partial charge in [-0.15, -0.1) is 0 Å². The lowest BCUT2D eigenvalue weighted by Gasteiger charge is -2.15. The molecule has 0 aliphatic rings. The summed E-state index contributed by atoms with van der Waals surface area (Å²) in [6.07, 6.45) is 20.4. The van der Waals surface area contributed by atoms with Crippen LogP contribution in [0.2, 0.25) is 0 Å². The fourth-order valence-electron chi connectivity index (χ4n) is 3.91. The Balaban J connectivity index is 3.55. The second kappa shape index (κ2) is 24.0. The lowest BCUT2D eigenvalue weighted by molar-refractivity contribution is -0.161. The molecule has 0 rings (SSSR count). The van der Waals surface area contributed by atoms with Crippen LogP contribution in [0.15, 0.2) is 0 Å². The average Bonchev–Trinajstić information content (AvgIpc) is 2.79. The number of hydrogen-bond donors (Lipinski definition) is 1. The van der Waals surface area contributed by atoms with Gasteiger partial charge in [-0.1, -0.05) is 117 Å². The van der Waals surface area contributed by atoms with Crippen LogP contribution in [-0.2, 0) is 19.1 Å². The summed E-state index contributed by atoms with van der Waals surface area (Å²) in [5.41, 5.74) is 0. The number of esters is 2. The summed E-state index contributed by atoms with van der Waals surface area (Å²) in [6, 6.07) is 0. The number of unbranched alkanes of at least 4 members (excludes halogenated alkanes) is 14. The highest BCUT2D eigenvalue weighted by Gasteiger charge is 2.16. The van der Waals surface area contributed by atoms with Crippen molar-refractivity contribution in [3.8, 4) is 0 Å². The van der Waals surface area contributed by atoms with Crippen molar-refractivity contribution in [1.29, 1.82) is 0 Å². The van der Waals surface area contributed by atoms with Crippen LogP contribution in [0.1, 0.15) is 143 Å². The van der Waals surface area contributed by atoms with Gasteiger partial charge in [0, 0.05) is 12.8 Å². The second-order valence-corrected chi connectivity index (χ2v) is 9.96. The molecule has 0 bridgehead atoms. The fourth-order valence-corrected chi connectivity index (χ4v) is 3.91. The van der Waals surface area contributed by atoms with Gasteiger partial charge in [0.25, 0.3) is 0 Å². The van der Waals surface area contributed by atoms with Crippen molar-refractivity contribution in [2.75, 3.05) is 13.2 Å². The second-order valence-electron chi connectivity index (χ2n) is 9.96. The molecule has 33 heavy (non-hydrogen) atoms. The molecule has 0 aromatic carbocycles. The van der Waals surface area contributed by atoms with E-state index in [1.54, 1.807) is 0 Å². The molecule has 0 radical (unpaired) electrons. The number of hydrogen-bond acceptors (Lipinski definition) is 5. The van der Waals surface area contributed by atoms with E-state index in [0.717, 1.165) is 44.4 Å². The summed E-state index contributed by atoms with van der Waals surface area (Å²) in [4.78, 5) is 23.7. The number of carbonyl (C=O) groups is 2. The number of rotatable bonds is 24. The number of aliphatic hydroxyl groups excluding tert-OH is 1. The molecular formula is C28H54O5. The summed E-state index contributed by atoms with van der Waals surface area (Å²) < 4.78 is 10.4. The van der Waals surface area contributed by atoms with Crippen LogP contribution in [-0.4, -0.2) is 36.4 Å². The van der Waals surface area contributed by atoms with Gasteiger partial charge in [0.15, 0.2) is 6.10 Å². The molecule has 0 heterocycles. The molecule has 0 saturated heterocycles. The van der Waals surface area contributed by atoms with Gasteiger partial charge in [-0.2, -0.15) is 0 Å². The maximum Gasteiger partial charge on any atom is 0.306 e. The topological polar surface area (TPSA) is 72.8 Å². The van der Waals surface area contributed by atoms with E-state index in [9.17, 15) is 14.7 Å². The fraction of sp³-hybridized carbons (Fsp3) is 0.929. The van der Waals surface area contributed by atoms with Crippen molar-refractivity contribution in [1.82, 2.24) is 0 Å². The van der Waals surface area contributed by atoms with E-state index in [0.29, 0.717) is 12.8 Å². The third-order valence-corrected chi connectivity index (χ3v) is 6.08. The van der Waals surface area contributed by atoms with Gasteiger partial charge in [-0.05, 0) is 18.8 Å². The van der Waals surface area contributed by atoms with Gasteiger partial charge in [-0.25, -0.2) is 0 Å². The van der Waals surface area contributed by atoms with Gasteiger partial charge in [0.1, 0.15) is 6.61 Å². The predicted octanol–water partition coefficient (Wildman–Crippen LogP) is 7.52. The summed E-state index contributed by atoms with van der Waals surface area (Å²) in [5, 5.41) is 9.39. The third kappa shape index (κ3) is 23.8. The standard InChI is InChI=1S/C28H54O5/c1-4-5-6-14-18-21-27(30)32-24-26(23-29)33-28(31)22-19-16-13-11-9-7-8-10-12-15-17-20-25(2)3/h25-26,29H,4-24H2,1-3H3/t26-/m0/s1. The number of carbonyl (C=O) groups excluding carboxylic acids is 2. The van der Waals surface area contributed by atoms with Crippen molar-refractivity contribution < 1.29 is 24.2 Å². The first kappa shape index (κ1) is 31.9. The predicted molar refractivity (Wildman–Crippen MR) is 136 cm³/mol. The van der Waals surface area contributed by atoms with E-state index in [4.69, 9.17) is 9.47 Å². The SMILES string of the molecule is CCCCCCCC(=O)OC[C@H](CO)OC(=O)CCCCCCCCCCCCCC(C)C. The molecule has 0 fully saturated rings. The molecule has 196 valence electrons. The molecule has 0 saturated carbocycles. The van der Waals surface area contributed by atoms with Crippen LogP contribution in [0.5, 0.6) is 0 Å². The highest BCUT2D eigenvalue weighted by atomic mass is 16.6. The Morgan fingerprint density at radius 2 is 1.12 bits per heavy atom. The van der Waals surface area contributed by atoms with Crippen molar-refractivity contribution in [2.24, 2.45) is 5.92 Å². The molecule has 0 aliphatic heterocycles. The van der Waals surface area contributed by atoms with Gasteiger partial charge in [0.05, 0.1) is 6.61 Å². The summed E-state index contributed by atoms with van der Waals surface area (Å²) in [5.74, 6) is 0.233. The van der Waals surface area contributed by atoms with Gasteiger partial charge >= 0.3 is 11.9 Å². The Morgan fingerprint density at radius 1 is 0.667 bits per heavy atom. The highest BCUT2D eigenvalue weighted by Crippen LogP contribution is 2.14. The minimum absolute atomic E-state index is 0.0617. The monoisotopic (exact) mass is 470 g/mol. The van der Waals surface area contributed by atoms with Gasteiger partial charge < -0.3 is 14.6 Å². The van der Waals surface area contributed by atoms with Crippen molar-refractivity contribution in [2.45, 2.75) is 149 Å². The minimum atomic E-state index is -0.757. The summed E-state index contributed by atoms with van der Waals surface area (Å²) >= 11 is 0. The van der Waals surface area contributed by atoms with Crippen molar-refractivity contribution >= 4 is 11.9 Å². The van der Waals surface area contributed by atoms with Gasteiger partial charge in [0.2, 0.25) is 0 Å². The smallest absolute Gasteiger partial charge is 0.306 e. The van der Waals surface area contributed by atoms with Crippen LogP contribution in [0.4, 0.5) is 0 Å². The van der Waals surface area contributed by atoms with E-state index < -0.39 is 6.10 Å². The normalized spacial score (nSPS) is 12.2. The lowest BCUT2D eigenvalue weighted by Crippen LogP contribution is -2.28. The number of ether oxygens (including phenoxy) is 2. The van der Waals surface area contributed by atoms with Gasteiger partial charge in [-0.3, -0.25) is 9.59 Å². The van der Waals surface area contributed by atoms with Crippen LogP contribution in [0.3, 0.4) is 0 Å². The molecule has 5 nitrogen and oxygen atoms in total. The highest BCUT2D eigenvalue weighted by molar-refractivity contribution is 5.70. The zero-order chi connectivity index (χ0) is 24.6. The quantitative estimate of drug-likeness (QED) is 0.117. The molecule has 0 amide bonds. The van der Waals surface area contributed by atoms with Crippen LogP contribution >= 0.6 is 0 Å². The van der Waals surface area contributed by atoms with Crippen LogP contribution < -0.4 is 0 Å². The Kier molecular flexibility index (Phi) is 23.2. The summed E-state index contributed by atoms with van der Waals surface area (Å²) in [6.45, 7) is 6.36. The van der Waals surface area contributed by atoms with E-state index in [1.165, 1.54) is 70.6 Å². The lowest BCUT2D eigenvalue weighted by atomic mass is 10.0. The molecule has 0 aromatic heterocycles. The Bertz CT molecular complexity index is 450. The first-order valence-corrected chi connectivity index (χ1v) is 14.0.